The van der Waals surface area contributed by atoms with E-state index < -0.39 is 29.2 Å². The molecule has 4 rings (SSSR count). The van der Waals surface area contributed by atoms with Gasteiger partial charge in [-0.05, 0) is 48.4 Å². The van der Waals surface area contributed by atoms with Gasteiger partial charge in [-0.25, -0.2) is 4.79 Å². The number of amides is 4. The molecule has 35 heavy (non-hydrogen) atoms. The Morgan fingerprint density at radius 2 is 1.77 bits per heavy atom. The van der Waals surface area contributed by atoms with Crippen molar-refractivity contribution < 1.29 is 27.6 Å². The number of urea groups is 1. The maximum atomic E-state index is 13.9. The monoisotopic (exact) mass is 485 g/mol. The Morgan fingerprint density at radius 3 is 2.34 bits per heavy atom. The van der Waals surface area contributed by atoms with E-state index in [1.807, 2.05) is 6.07 Å². The molecule has 4 amide bonds. The van der Waals surface area contributed by atoms with E-state index in [0.29, 0.717) is 16.8 Å². The average molecular weight is 485 g/mol. The van der Waals surface area contributed by atoms with Crippen LogP contribution in [0.3, 0.4) is 0 Å². The smallest absolute Gasteiger partial charge is 0.341 e. The van der Waals surface area contributed by atoms with E-state index in [0.717, 1.165) is 12.1 Å². The number of nitriles is 1. The van der Waals surface area contributed by atoms with Crippen molar-refractivity contribution in [2.45, 2.75) is 24.7 Å². The molecule has 1 unspecified atom stereocenters. The molecule has 2 heterocycles. The van der Waals surface area contributed by atoms with Crippen LogP contribution < -0.4 is 10.2 Å². The van der Waals surface area contributed by atoms with Gasteiger partial charge in [-0.2, -0.15) is 18.4 Å². The summed E-state index contributed by atoms with van der Waals surface area (Å²) in [5, 5.41) is 11.6. The lowest BCUT2D eigenvalue weighted by atomic mass is 9.89. The van der Waals surface area contributed by atoms with E-state index >= 15 is 0 Å². The minimum absolute atomic E-state index is 0.0509. The molecule has 0 aromatic heterocycles. The van der Waals surface area contributed by atoms with Crippen LogP contribution in [0.4, 0.5) is 23.7 Å². The minimum Gasteiger partial charge on any atom is -0.341 e. The first kappa shape index (κ1) is 24.1. The number of piperazine rings is 1. The molecule has 182 valence electrons. The third kappa shape index (κ3) is 4.39. The van der Waals surface area contributed by atoms with E-state index in [2.05, 4.69) is 5.32 Å². The number of carbonyl (C=O) groups is 3. The summed E-state index contributed by atoms with van der Waals surface area (Å²) in [5.74, 6) is -0.785. The van der Waals surface area contributed by atoms with Gasteiger partial charge in [-0.3, -0.25) is 9.59 Å². The van der Waals surface area contributed by atoms with Crippen molar-refractivity contribution in [2.24, 2.45) is 0 Å². The Morgan fingerprint density at radius 1 is 1.11 bits per heavy atom. The highest BCUT2D eigenvalue weighted by atomic mass is 19.4. The molecule has 2 aromatic carbocycles. The topological polar surface area (TPSA) is 96.7 Å². The molecular weight excluding hydrogens is 463 g/mol. The third-order valence-corrected chi connectivity index (χ3v) is 6.43. The molecule has 1 N–H and O–H groups in total. The standard InChI is InChI=1S/C24H22F3N5O3/c1-29-22(35)30-11-10-23(15-30)21(34)31(19-8-4-16(12-28)5-9-19)14-20(33)32(23)13-17-2-6-18(7-3-17)24(25,26)27/h2-9H,10-11,13-15H2,1H3,(H,29,35). The first-order valence-electron chi connectivity index (χ1n) is 10.8. The van der Waals surface area contributed by atoms with Gasteiger partial charge in [-0.1, -0.05) is 12.1 Å². The van der Waals surface area contributed by atoms with E-state index in [1.165, 1.54) is 33.9 Å². The zero-order valence-electron chi connectivity index (χ0n) is 18.8. The fourth-order valence-corrected chi connectivity index (χ4v) is 4.56. The highest BCUT2D eigenvalue weighted by Gasteiger charge is 2.57. The normalized spacial score (nSPS) is 20.4. The van der Waals surface area contributed by atoms with Gasteiger partial charge < -0.3 is 20.0 Å². The summed E-state index contributed by atoms with van der Waals surface area (Å²) in [7, 11) is 1.46. The van der Waals surface area contributed by atoms with Crippen molar-refractivity contribution in [3.8, 4) is 6.07 Å². The van der Waals surface area contributed by atoms with Gasteiger partial charge in [0.25, 0.3) is 5.91 Å². The second-order valence-electron chi connectivity index (χ2n) is 8.48. The molecule has 2 aromatic rings. The van der Waals surface area contributed by atoms with Crippen molar-refractivity contribution in [1.82, 2.24) is 15.1 Å². The van der Waals surface area contributed by atoms with Crippen LogP contribution in [0.25, 0.3) is 0 Å². The van der Waals surface area contributed by atoms with Crippen LogP contribution in [0.2, 0.25) is 0 Å². The molecule has 0 saturated carbocycles. The van der Waals surface area contributed by atoms with Crippen LogP contribution in [0.1, 0.15) is 23.1 Å². The molecule has 11 heteroatoms. The largest absolute Gasteiger partial charge is 0.416 e. The Kier molecular flexibility index (Phi) is 6.15. The molecule has 2 aliphatic heterocycles. The van der Waals surface area contributed by atoms with Crippen LogP contribution in [0.5, 0.6) is 0 Å². The van der Waals surface area contributed by atoms with Crippen LogP contribution in [-0.2, 0) is 22.3 Å². The van der Waals surface area contributed by atoms with E-state index in [-0.39, 0.29) is 38.5 Å². The van der Waals surface area contributed by atoms with Crippen molar-refractivity contribution >= 4 is 23.5 Å². The minimum atomic E-state index is -4.49. The van der Waals surface area contributed by atoms with Gasteiger partial charge >= 0.3 is 12.2 Å². The summed E-state index contributed by atoms with van der Waals surface area (Å²) in [4.78, 5) is 43.7. The van der Waals surface area contributed by atoms with Crippen LogP contribution >= 0.6 is 0 Å². The molecule has 2 aliphatic rings. The lowest BCUT2D eigenvalue weighted by Crippen LogP contribution is -2.69. The number of anilines is 1. The summed E-state index contributed by atoms with van der Waals surface area (Å²) in [5.41, 5.74) is -0.915. The maximum Gasteiger partial charge on any atom is 0.416 e. The van der Waals surface area contributed by atoms with Gasteiger partial charge in [-0.15, -0.1) is 0 Å². The number of benzene rings is 2. The third-order valence-electron chi connectivity index (χ3n) is 6.43. The fourth-order valence-electron chi connectivity index (χ4n) is 4.56. The molecular formula is C24H22F3N5O3. The maximum absolute atomic E-state index is 13.9. The fraction of sp³-hybridized carbons (Fsp3) is 0.333. The molecule has 2 saturated heterocycles. The second kappa shape index (κ2) is 8.94. The van der Waals surface area contributed by atoms with Gasteiger partial charge in [0.2, 0.25) is 5.91 Å². The number of hydrogen-bond acceptors (Lipinski definition) is 4. The van der Waals surface area contributed by atoms with Gasteiger partial charge in [0.05, 0.1) is 23.7 Å². The van der Waals surface area contributed by atoms with Gasteiger partial charge in [0, 0.05) is 25.8 Å². The Balaban J connectivity index is 1.69. The lowest BCUT2D eigenvalue weighted by Gasteiger charge is -2.47. The lowest BCUT2D eigenvalue weighted by molar-refractivity contribution is -0.151. The van der Waals surface area contributed by atoms with Gasteiger partial charge in [0.15, 0.2) is 0 Å². The summed E-state index contributed by atoms with van der Waals surface area (Å²) in [6, 6.07) is 12.3. The number of halogens is 3. The number of hydrogen-bond donors (Lipinski definition) is 1. The number of alkyl halides is 3. The molecule has 2 fully saturated rings. The molecule has 0 radical (unpaired) electrons. The Labute approximate surface area is 199 Å². The molecule has 1 spiro atoms. The zero-order chi connectivity index (χ0) is 25.4. The predicted octanol–water partition coefficient (Wildman–Crippen LogP) is 2.74. The quantitative estimate of drug-likeness (QED) is 0.723. The number of rotatable bonds is 3. The second-order valence-corrected chi connectivity index (χ2v) is 8.48. The summed E-state index contributed by atoms with van der Waals surface area (Å²) in [6.45, 7) is -0.174. The first-order chi connectivity index (χ1) is 16.6. The summed E-state index contributed by atoms with van der Waals surface area (Å²) >= 11 is 0. The zero-order valence-corrected chi connectivity index (χ0v) is 18.8. The molecule has 0 aliphatic carbocycles. The number of likely N-dealkylation sites (tertiary alicyclic amines) is 1. The number of nitrogens with zero attached hydrogens (tertiary/aromatic N) is 4. The average Bonchev–Trinajstić information content (AvgIpc) is 3.30. The number of nitrogens with one attached hydrogen (secondary N) is 1. The van der Waals surface area contributed by atoms with Crippen molar-refractivity contribution in [3.05, 3.63) is 65.2 Å². The summed E-state index contributed by atoms with van der Waals surface area (Å²) < 4.78 is 38.9. The van der Waals surface area contributed by atoms with E-state index in [9.17, 15) is 27.6 Å². The summed E-state index contributed by atoms with van der Waals surface area (Å²) in [6.07, 6.45) is -4.31. The van der Waals surface area contributed by atoms with E-state index in [1.54, 1.807) is 24.3 Å². The van der Waals surface area contributed by atoms with Crippen molar-refractivity contribution in [1.29, 1.82) is 5.26 Å². The van der Waals surface area contributed by atoms with Crippen LogP contribution in [-0.4, -0.2) is 59.9 Å². The SMILES string of the molecule is CNC(=O)N1CCC2(C1)C(=O)N(c1ccc(C#N)cc1)CC(=O)N2Cc1ccc(C(F)(F)F)cc1. The first-order valence-corrected chi connectivity index (χ1v) is 10.8. The number of carbonyl (C=O) groups excluding carboxylic acids is 3. The molecule has 0 bridgehead atoms. The predicted molar refractivity (Wildman–Crippen MR) is 119 cm³/mol. The van der Waals surface area contributed by atoms with E-state index in [4.69, 9.17) is 5.26 Å². The van der Waals surface area contributed by atoms with Crippen molar-refractivity contribution in [2.75, 3.05) is 31.6 Å². The van der Waals surface area contributed by atoms with Gasteiger partial charge in [0.1, 0.15) is 12.1 Å². The Bertz CT molecular complexity index is 1190. The highest BCUT2D eigenvalue weighted by Crippen LogP contribution is 2.37. The van der Waals surface area contributed by atoms with Crippen LogP contribution in [0, 0.1) is 11.3 Å². The van der Waals surface area contributed by atoms with Crippen LogP contribution in [0.15, 0.2) is 48.5 Å². The molecule has 8 nitrogen and oxygen atoms in total. The van der Waals surface area contributed by atoms with Crippen molar-refractivity contribution in [3.63, 3.8) is 0 Å². The highest BCUT2D eigenvalue weighted by molar-refractivity contribution is 6.09. The Hall–Kier alpha value is -4.07. The molecule has 1 atom stereocenters.